The molecule has 0 N–H and O–H groups in total. The van der Waals surface area contributed by atoms with E-state index in [2.05, 4.69) is 20.7 Å². The molecule has 0 saturated heterocycles. The Morgan fingerprint density at radius 2 is 1.50 bits per heavy atom. The Morgan fingerprint density at radius 3 is 1.70 bits per heavy atom. The van der Waals surface area contributed by atoms with Gasteiger partial charge in [0.25, 0.3) is 0 Å². The van der Waals surface area contributed by atoms with Crippen LogP contribution in [0.5, 0.6) is 0 Å². The van der Waals surface area contributed by atoms with Crippen LogP contribution >= 0.6 is 0 Å². The molecule has 0 aromatic heterocycles. The summed E-state index contributed by atoms with van der Waals surface area (Å²) in [4.78, 5) is 0. The summed E-state index contributed by atoms with van der Waals surface area (Å²) in [6.07, 6.45) is 0. The van der Waals surface area contributed by atoms with Gasteiger partial charge in [-0.2, -0.15) is 4.39 Å². The van der Waals surface area contributed by atoms with E-state index in [-0.39, 0.29) is 0 Å². The number of hydrogen-bond acceptors (Lipinski definition) is 4. The minimum absolute atomic E-state index is 0.670. The van der Waals surface area contributed by atoms with E-state index in [1.807, 2.05) is 0 Å². The summed E-state index contributed by atoms with van der Waals surface area (Å²) in [6.45, 7) is 5.07. The lowest BCUT2D eigenvalue weighted by Crippen LogP contribution is -2.32. The Morgan fingerprint density at radius 1 is 1.10 bits per heavy atom. The lowest BCUT2D eigenvalue weighted by Gasteiger charge is -2.24. The summed E-state index contributed by atoms with van der Waals surface area (Å²) < 4.78 is 13.3. The Hall–Kier alpha value is -0.870. The smallest absolute Gasteiger partial charge is 0.186 e. The monoisotopic (exact) mass is 144 g/mol. The summed E-state index contributed by atoms with van der Waals surface area (Å²) in [5.41, 5.74) is -0.670. The maximum absolute atomic E-state index is 13.3. The first-order valence-electron chi connectivity index (χ1n) is 2.99. The fraction of sp³-hybridized carbons (Fsp3) is 1.00. The molecule has 5 heteroatoms. The van der Waals surface area contributed by atoms with Crippen LogP contribution in [0.3, 0.4) is 0 Å². The number of hydrogen-bond donors (Lipinski definition) is 0. The number of alkyl halides is 1. The molecule has 1 heterocycles. The first-order valence-corrected chi connectivity index (χ1v) is 2.99. The van der Waals surface area contributed by atoms with Gasteiger partial charge in [-0.15, -0.1) is 10.2 Å². The minimum atomic E-state index is -1.95. The normalized spacial score (nSPS) is 22.0. The van der Waals surface area contributed by atoms with Gasteiger partial charge in [0.05, 0.1) is 0 Å². The summed E-state index contributed by atoms with van der Waals surface area (Å²) in [5, 5.41) is 12.8. The second-order valence-electron chi connectivity index (χ2n) is 3.22. The zero-order chi connectivity index (χ0) is 7.83. The van der Waals surface area contributed by atoms with E-state index in [4.69, 9.17) is 0 Å². The lowest BCUT2D eigenvalue weighted by atomic mass is 9.91. The van der Waals surface area contributed by atoms with E-state index in [1.54, 1.807) is 20.8 Å². The molecule has 0 amide bonds. The van der Waals surface area contributed by atoms with Crippen LogP contribution in [0.2, 0.25) is 0 Å². The molecule has 0 aliphatic carbocycles. The van der Waals surface area contributed by atoms with Crippen LogP contribution in [0.15, 0.2) is 20.7 Å². The molecule has 0 atom stereocenters. The first-order chi connectivity index (χ1) is 4.46. The van der Waals surface area contributed by atoms with Gasteiger partial charge in [0, 0.05) is 5.41 Å². The van der Waals surface area contributed by atoms with Crippen LogP contribution in [0.4, 0.5) is 4.39 Å². The molecule has 0 aromatic rings. The Kier molecular flexibility index (Phi) is 1.31. The molecule has 0 fully saturated rings. The number of halogens is 1. The van der Waals surface area contributed by atoms with E-state index in [0.717, 1.165) is 0 Å². The van der Waals surface area contributed by atoms with Crippen molar-refractivity contribution in [1.29, 1.82) is 0 Å². The Labute approximate surface area is 58.2 Å². The molecule has 0 aromatic carbocycles. The second kappa shape index (κ2) is 1.81. The molecule has 56 valence electrons. The molecule has 0 saturated carbocycles. The topological polar surface area (TPSA) is 49.4 Å². The quantitative estimate of drug-likeness (QED) is 0.469. The average molecular weight is 144 g/mol. The fourth-order valence-corrected chi connectivity index (χ4v) is 0.479. The van der Waals surface area contributed by atoms with Crippen LogP contribution in [-0.2, 0) is 0 Å². The zero-order valence-corrected chi connectivity index (χ0v) is 6.17. The predicted molar refractivity (Wildman–Crippen MR) is 33.0 cm³/mol. The van der Waals surface area contributed by atoms with Crippen LogP contribution in [0.1, 0.15) is 20.8 Å². The van der Waals surface area contributed by atoms with Gasteiger partial charge < -0.3 is 0 Å². The van der Waals surface area contributed by atoms with Crippen molar-refractivity contribution in [3.05, 3.63) is 0 Å². The van der Waals surface area contributed by atoms with E-state index >= 15 is 0 Å². The van der Waals surface area contributed by atoms with Gasteiger partial charge in [0.1, 0.15) is 0 Å². The molecule has 4 nitrogen and oxygen atoms in total. The SMILES string of the molecule is CC(C)(C)C1(F)N=NN=N1. The third-order valence-electron chi connectivity index (χ3n) is 1.35. The second-order valence-corrected chi connectivity index (χ2v) is 3.22. The third-order valence-corrected chi connectivity index (χ3v) is 1.35. The molecule has 0 radical (unpaired) electrons. The van der Waals surface area contributed by atoms with Crippen molar-refractivity contribution in [2.24, 2.45) is 26.1 Å². The first kappa shape index (κ1) is 7.24. The van der Waals surface area contributed by atoms with Crippen molar-refractivity contribution in [2.45, 2.75) is 26.7 Å². The Bertz CT molecular complexity index is 178. The molecular formula is C5H9FN4. The van der Waals surface area contributed by atoms with E-state index in [0.29, 0.717) is 0 Å². The van der Waals surface area contributed by atoms with Gasteiger partial charge in [-0.25, -0.2) is 0 Å². The molecular weight excluding hydrogens is 135 g/mol. The molecule has 0 unspecified atom stereocenters. The summed E-state index contributed by atoms with van der Waals surface area (Å²) >= 11 is 0. The van der Waals surface area contributed by atoms with E-state index in [9.17, 15) is 4.39 Å². The Balaban J connectivity index is 2.90. The van der Waals surface area contributed by atoms with Crippen LogP contribution in [-0.4, -0.2) is 5.92 Å². The van der Waals surface area contributed by atoms with Crippen molar-refractivity contribution < 1.29 is 4.39 Å². The highest BCUT2D eigenvalue weighted by Crippen LogP contribution is 2.39. The molecule has 10 heavy (non-hydrogen) atoms. The van der Waals surface area contributed by atoms with Gasteiger partial charge in [0.2, 0.25) is 0 Å². The number of rotatable bonds is 0. The maximum atomic E-state index is 13.3. The van der Waals surface area contributed by atoms with Crippen molar-refractivity contribution in [3.8, 4) is 0 Å². The third kappa shape index (κ3) is 0.913. The van der Waals surface area contributed by atoms with Crippen molar-refractivity contribution >= 4 is 0 Å². The molecule has 0 bridgehead atoms. The fourth-order valence-electron chi connectivity index (χ4n) is 0.479. The van der Waals surface area contributed by atoms with Crippen LogP contribution in [0, 0.1) is 5.41 Å². The molecule has 0 spiro atoms. The van der Waals surface area contributed by atoms with Crippen molar-refractivity contribution in [3.63, 3.8) is 0 Å². The molecule has 1 rings (SSSR count). The van der Waals surface area contributed by atoms with Gasteiger partial charge in [0.15, 0.2) is 0 Å². The highest BCUT2D eigenvalue weighted by atomic mass is 19.1. The average Bonchev–Trinajstić information content (AvgIpc) is 2.13. The highest BCUT2D eigenvalue weighted by molar-refractivity contribution is 4.85. The predicted octanol–water partition coefficient (Wildman–Crippen LogP) is 2.49. The standard InChI is InChI=1S/C5H9FN4/c1-4(2,3)5(6)7-9-10-8-5/h1-3H3. The van der Waals surface area contributed by atoms with Gasteiger partial charge in [-0.3, -0.25) is 0 Å². The zero-order valence-electron chi connectivity index (χ0n) is 6.17. The van der Waals surface area contributed by atoms with E-state index < -0.39 is 11.3 Å². The highest BCUT2D eigenvalue weighted by Gasteiger charge is 2.45. The minimum Gasteiger partial charge on any atom is -0.186 e. The lowest BCUT2D eigenvalue weighted by molar-refractivity contribution is 0.0444. The largest absolute Gasteiger partial charge is 0.337 e. The summed E-state index contributed by atoms with van der Waals surface area (Å²) in [5.74, 6) is -1.95. The van der Waals surface area contributed by atoms with E-state index in [1.165, 1.54) is 0 Å². The maximum Gasteiger partial charge on any atom is 0.337 e. The molecule has 1 aliphatic heterocycles. The summed E-state index contributed by atoms with van der Waals surface area (Å²) in [7, 11) is 0. The number of nitrogens with zero attached hydrogens (tertiary/aromatic N) is 4. The van der Waals surface area contributed by atoms with Crippen molar-refractivity contribution in [2.75, 3.05) is 0 Å². The summed E-state index contributed by atoms with van der Waals surface area (Å²) in [6, 6.07) is 0. The van der Waals surface area contributed by atoms with Crippen molar-refractivity contribution in [1.82, 2.24) is 0 Å². The van der Waals surface area contributed by atoms with Gasteiger partial charge in [-0.05, 0) is 10.4 Å². The van der Waals surface area contributed by atoms with Gasteiger partial charge in [-0.1, -0.05) is 20.8 Å². The van der Waals surface area contributed by atoms with Crippen LogP contribution < -0.4 is 0 Å². The molecule has 1 aliphatic rings. The van der Waals surface area contributed by atoms with Gasteiger partial charge >= 0.3 is 5.92 Å². The van der Waals surface area contributed by atoms with Crippen LogP contribution in [0.25, 0.3) is 0 Å².